The standard InChI is InChI=1S/C20H26N4O7S/c1-13-18(30-15-6-8-24(9-7-15)20(25)26)21-12-22-19(13)31-16-4-5-17(23-14(16)2)32(27,28)11-10-29-3/h4-5,12,15H,6-11H2,1-3H3,(H,25,26). The summed E-state index contributed by atoms with van der Waals surface area (Å²) in [6.45, 7) is 4.29. The average molecular weight is 467 g/mol. The van der Waals surface area contributed by atoms with Crippen LogP contribution >= 0.6 is 0 Å². The van der Waals surface area contributed by atoms with Crippen LogP contribution in [0, 0.1) is 13.8 Å². The molecular formula is C20H26N4O7S. The Morgan fingerprint density at radius 3 is 2.50 bits per heavy atom. The predicted octanol–water partition coefficient (Wildman–Crippen LogP) is 2.22. The molecule has 3 rings (SSSR count). The minimum absolute atomic E-state index is 0.0458. The summed E-state index contributed by atoms with van der Waals surface area (Å²) in [6, 6.07) is 2.92. The maximum absolute atomic E-state index is 12.3. The molecule has 0 saturated carbocycles. The summed E-state index contributed by atoms with van der Waals surface area (Å²) in [7, 11) is -2.12. The van der Waals surface area contributed by atoms with Gasteiger partial charge in [-0.2, -0.15) is 0 Å². The van der Waals surface area contributed by atoms with Gasteiger partial charge in [0.2, 0.25) is 11.8 Å². The van der Waals surface area contributed by atoms with E-state index in [9.17, 15) is 13.2 Å². The van der Waals surface area contributed by atoms with Gasteiger partial charge in [-0.25, -0.2) is 28.2 Å². The third-order valence-electron chi connectivity index (χ3n) is 5.08. The van der Waals surface area contributed by atoms with E-state index < -0.39 is 15.9 Å². The van der Waals surface area contributed by atoms with E-state index in [0.29, 0.717) is 48.8 Å². The van der Waals surface area contributed by atoms with Gasteiger partial charge < -0.3 is 24.2 Å². The van der Waals surface area contributed by atoms with Crippen molar-refractivity contribution in [3.05, 3.63) is 29.7 Å². The van der Waals surface area contributed by atoms with Crippen molar-refractivity contribution in [3.63, 3.8) is 0 Å². The number of hydrogen-bond donors (Lipinski definition) is 1. The second kappa shape index (κ2) is 10.1. The molecule has 2 aromatic rings. The summed E-state index contributed by atoms with van der Waals surface area (Å²) in [5.41, 5.74) is 0.967. The molecule has 0 bridgehead atoms. The monoisotopic (exact) mass is 466 g/mol. The Kier molecular flexibility index (Phi) is 7.46. The lowest BCUT2D eigenvalue weighted by atomic mass is 10.1. The molecule has 32 heavy (non-hydrogen) atoms. The maximum atomic E-state index is 12.3. The van der Waals surface area contributed by atoms with E-state index >= 15 is 0 Å². The zero-order chi connectivity index (χ0) is 23.3. The second-order valence-corrected chi connectivity index (χ2v) is 9.40. The smallest absolute Gasteiger partial charge is 0.407 e. The fourth-order valence-electron chi connectivity index (χ4n) is 3.17. The molecule has 0 radical (unpaired) electrons. The van der Waals surface area contributed by atoms with Crippen molar-refractivity contribution in [3.8, 4) is 17.5 Å². The van der Waals surface area contributed by atoms with Crippen molar-refractivity contribution in [2.24, 2.45) is 0 Å². The van der Waals surface area contributed by atoms with Gasteiger partial charge in [0, 0.05) is 33.0 Å². The molecule has 3 heterocycles. The molecule has 0 unspecified atom stereocenters. The van der Waals surface area contributed by atoms with Crippen molar-refractivity contribution in [1.29, 1.82) is 0 Å². The van der Waals surface area contributed by atoms with Crippen LogP contribution in [0.1, 0.15) is 24.1 Å². The number of aromatic nitrogens is 3. The molecule has 0 spiro atoms. The number of piperidine rings is 1. The van der Waals surface area contributed by atoms with Crippen LogP contribution in [-0.2, 0) is 14.6 Å². The van der Waals surface area contributed by atoms with Gasteiger partial charge in [-0.3, -0.25) is 0 Å². The Bertz CT molecular complexity index is 1070. The van der Waals surface area contributed by atoms with Crippen molar-refractivity contribution in [2.45, 2.75) is 37.8 Å². The summed E-state index contributed by atoms with van der Waals surface area (Å²) in [4.78, 5) is 24.9. The minimum atomic E-state index is -3.55. The number of nitrogens with zero attached hydrogens (tertiary/aromatic N) is 4. The zero-order valence-corrected chi connectivity index (χ0v) is 19.0. The van der Waals surface area contributed by atoms with E-state index in [1.807, 2.05) is 0 Å². The Morgan fingerprint density at radius 2 is 1.88 bits per heavy atom. The molecular weight excluding hydrogens is 440 g/mol. The highest BCUT2D eigenvalue weighted by Gasteiger charge is 2.25. The van der Waals surface area contributed by atoms with Crippen molar-refractivity contribution in [1.82, 2.24) is 19.9 Å². The number of carbonyl (C=O) groups is 1. The Morgan fingerprint density at radius 1 is 1.19 bits per heavy atom. The Balaban J connectivity index is 1.71. The van der Waals surface area contributed by atoms with E-state index in [0.717, 1.165) is 0 Å². The van der Waals surface area contributed by atoms with E-state index in [4.69, 9.17) is 19.3 Å². The van der Waals surface area contributed by atoms with E-state index in [1.54, 1.807) is 13.8 Å². The molecule has 1 aliphatic heterocycles. The molecule has 1 fully saturated rings. The van der Waals surface area contributed by atoms with Crippen LogP contribution in [0.15, 0.2) is 23.5 Å². The summed E-state index contributed by atoms with van der Waals surface area (Å²) >= 11 is 0. The number of amides is 1. The highest BCUT2D eigenvalue weighted by atomic mass is 32.2. The highest BCUT2D eigenvalue weighted by molar-refractivity contribution is 7.91. The first-order valence-corrected chi connectivity index (χ1v) is 11.7. The van der Waals surface area contributed by atoms with Crippen LogP contribution in [0.2, 0.25) is 0 Å². The summed E-state index contributed by atoms with van der Waals surface area (Å²) in [5.74, 6) is 0.817. The van der Waals surface area contributed by atoms with Crippen LogP contribution in [0.4, 0.5) is 4.79 Å². The Hall–Kier alpha value is -2.99. The molecule has 1 N–H and O–H groups in total. The molecule has 0 atom stereocenters. The number of pyridine rings is 1. The summed E-state index contributed by atoms with van der Waals surface area (Å²) in [5, 5.41) is 9.02. The van der Waals surface area contributed by atoms with E-state index in [2.05, 4.69) is 15.0 Å². The van der Waals surface area contributed by atoms with E-state index in [-0.39, 0.29) is 29.4 Å². The van der Waals surface area contributed by atoms with Gasteiger partial charge in [0.15, 0.2) is 20.6 Å². The first-order valence-electron chi connectivity index (χ1n) is 10.0. The number of rotatable bonds is 8. The second-order valence-electron chi connectivity index (χ2n) is 7.34. The fraction of sp³-hybridized carbons (Fsp3) is 0.500. The van der Waals surface area contributed by atoms with Gasteiger partial charge in [0.1, 0.15) is 12.4 Å². The fourth-order valence-corrected chi connectivity index (χ4v) is 4.32. The van der Waals surface area contributed by atoms with Crippen LogP contribution in [0.5, 0.6) is 17.5 Å². The third-order valence-corrected chi connectivity index (χ3v) is 6.64. The molecule has 0 aliphatic carbocycles. The molecule has 0 aromatic carbocycles. The van der Waals surface area contributed by atoms with Gasteiger partial charge >= 0.3 is 6.09 Å². The number of ether oxygens (including phenoxy) is 3. The maximum Gasteiger partial charge on any atom is 0.407 e. The quantitative estimate of drug-likeness (QED) is 0.615. The van der Waals surface area contributed by atoms with Crippen LogP contribution in [-0.4, -0.2) is 78.1 Å². The van der Waals surface area contributed by atoms with Crippen molar-refractivity contribution < 1.29 is 32.5 Å². The number of hydrogen-bond acceptors (Lipinski definition) is 9. The lowest BCUT2D eigenvalue weighted by molar-refractivity contribution is 0.0864. The first-order chi connectivity index (χ1) is 15.2. The van der Waals surface area contributed by atoms with Gasteiger partial charge in [0.05, 0.1) is 23.6 Å². The van der Waals surface area contributed by atoms with Gasteiger partial charge in [0.25, 0.3) is 0 Å². The normalized spacial score (nSPS) is 14.9. The molecule has 174 valence electrons. The topological polar surface area (TPSA) is 141 Å². The number of aryl methyl sites for hydroxylation is 1. The molecule has 2 aromatic heterocycles. The van der Waals surface area contributed by atoms with Gasteiger partial charge in [-0.15, -0.1) is 0 Å². The third kappa shape index (κ3) is 5.62. The molecule has 11 nitrogen and oxygen atoms in total. The largest absolute Gasteiger partial charge is 0.474 e. The van der Waals surface area contributed by atoms with Crippen LogP contribution in [0.25, 0.3) is 0 Å². The SMILES string of the molecule is COCCS(=O)(=O)c1ccc(Oc2ncnc(OC3CCN(C(=O)O)CC3)c2C)c(C)n1. The number of likely N-dealkylation sites (tertiary alicyclic amines) is 1. The van der Waals surface area contributed by atoms with E-state index in [1.165, 1.54) is 30.5 Å². The highest BCUT2D eigenvalue weighted by Crippen LogP contribution is 2.30. The summed E-state index contributed by atoms with van der Waals surface area (Å²) in [6.07, 6.45) is 1.35. The molecule has 12 heteroatoms. The number of methoxy groups -OCH3 is 1. The Labute approximate surface area is 186 Å². The number of sulfone groups is 1. The van der Waals surface area contributed by atoms with Crippen molar-refractivity contribution >= 4 is 15.9 Å². The zero-order valence-electron chi connectivity index (χ0n) is 18.1. The minimum Gasteiger partial charge on any atom is -0.474 e. The lowest BCUT2D eigenvalue weighted by Gasteiger charge is -2.30. The average Bonchev–Trinajstić information content (AvgIpc) is 2.76. The lowest BCUT2D eigenvalue weighted by Crippen LogP contribution is -2.41. The van der Waals surface area contributed by atoms with Gasteiger partial charge in [-0.1, -0.05) is 0 Å². The summed E-state index contributed by atoms with van der Waals surface area (Å²) < 4.78 is 41.3. The first kappa shape index (κ1) is 23.7. The van der Waals surface area contributed by atoms with Crippen LogP contribution < -0.4 is 9.47 Å². The molecule has 1 amide bonds. The number of carboxylic acid groups (broad SMARTS) is 1. The van der Waals surface area contributed by atoms with Crippen LogP contribution in [0.3, 0.4) is 0 Å². The molecule has 1 saturated heterocycles. The predicted molar refractivity (Wildman–Crippen MR) is 113 cm³/mol. The van der Waals surface area contributed by atoms with Crippen molar-refractivity contribution in [2.75, 3.05) is 32.6 Å². The molecule has 1 aliphatic rings. The van der Waals surface area contributed by atoms with Gasteiger partial charge in [-0.05, 0) is 26.0 Å².